The second-order valence-corrected chi connectivity index (χ2v) is 10.7. The molecule has 0 heterocycles. The van der Waals surface area contributed by atoms with Crippen molar-refractivity contribution in [3.63, 3.8) is 0 Å². The minimum atomic E-state index is -3.44. The van der Waals surface area contributed by atoms with Gasteiger partial charge < -0.3 is 0 Å². The molecule has 0 aromatic carbocycles. The first-order chi connectivity index (χ1) is 10.6. The third kappa shape index (κ3) is 2.68. The SMILES string of the molecule is CC1CCCC(NS(=O)(=O)CC23CCC(CC2=O)C3(C)C)C1C. The van der Waals surface area contributed by atoms with Gasteiger partial charge in [-0.25, -0.2) is 13.1 Å². The van der Waals surface area contributed by atoms with E-state index in [2.05, 4.69) is 32.4 Å². The molecule has 0 aromatic heterocycles. The van der Waals surface area contributed by atoms with Crippen molar-refractivity contribution in [3.05, 3.63) is 0 Å². The summed E-state index contributed by atoms with van der Waals surface area (Å²) in [6.45, 7) is 8.54. The van der Waals surface area contributed by atoms with Gasteiger partial charge in [-0.2, -0.15) is 0 Å². The topological polar surface area (TPSA) is 63.2 Å². The van der Waals surface area contributed by atoms with Gasteiger partial charge in [-0.05, 0) is 42.4 Å². The molecule has 23 heavy (non-hydrogen) atoms. The molecule has 0 spiro atoms. The number of hydrogen-bond donors (Lipinski definition) is 1. The Morgan fingerprint density at radius 1 is 1.17 bits per heavy atom. The fraction of sp³-hybridized carbons (Fsp3) is 0.944. The normalized spacial score (nSPS) is 43.0. The van der Waals surface area contributed by atoms with E-state index in [1.54, 1.807) is 0 Å². The molecule has 4 nitrogen and oxygen atoms in total. The highest BCUT2D eigenvalue weighted by Gasteiger charge is 2.65. The number of Topliss-reactive ketones (excluding diaryl/α,β-unsaturated/α-hetero) is 1. The highest BCUT2D eigenvalue weighted by atomic mass is 32.2. The number of rotatable bonds is 4. The van der Waals surface area contributed by atoms with Gasteiger partial charge in [0.15, 0.2) is 0 Å². The molecule has 0 saturated heterocycles. The smallest absolute Gasteiger partial charge is 0.212 e. The van der Waals surface area contributed by atoms with E-state index in [1.807, 2.05) is 0 Å². The van der Waals surface area contributed by atoms with Crippen molar-refractivity contribution in [2.75, 3.05) is 5.75 Å². The highest BCUT2D eigenvalue weighted by Crippen LogP contribution is 2.64. The van der Waals surface area contributed by atoms with Gasteiger partial charge in [0, 0.05) is 17.9 Å². The van der Waals surface area contributed by atoms with Gasteiger partial charge in [0.1, 0.15) is 5.78 Å². The van der Waals surface area contributed by atoms with Crippen molar-refractivity contribution in [2.24, 2.45) is 28.6 Å². The Labute approximate surface area is 140 Å². The van der Waals surface area contributed by atoms with Crippen molar-refractivity contribution < 1.29 is 13.2 Å². The first kappa shape index (κ1) is 17.4. The van der Waals surface area contributed by atoms with Crippen molar-refractivity contribution in [2.45, 2.75) is 72.3 Å². The Bertz CT molecular complexity index is 597. The fourth-order valence-corrected chi connectivity index (χ4v) is 7.66. The summed E-state index contributed by atoms with van der Waals surface area (Å²) in [5.74, 6) is 1.43. The molecule has 3 rings (SSSR count). The lowest BCUT2D eigenvalue weighted by Crippen LogP contribution is -2.50. The van der Waals surface area contributed by atoms with Gasteiger partial charge in [-0.15, -0.1) is 0 Å². The van der Waals surface area contributed by atoms with Crippen LogP contribution in [0.15, 0.2) is 0 Å². The summed E-state index contributed by atoms with van der Waals surface area (Å²) in [7, 11) is -3.44. The van der Waals surface area contributed by atoms with Gasteiger partial charge in [0.25, 0.3) is 0 Å². The first-order valence-corrected chi connectivity index (χ1v) is 10.8. The van der Waals surface area contributed by atoms with Gasteiger partial charge in [0.05, 0.1) is 5.75 Å². The average molecular weight is 342 g/mol. The number of carbonyl (C=O) groups is 1. The predicted octanol–water partition coefficient (Wildman–Crippen LogP) is 3.13. The van der Waals surface area contributed by atoms with Gasteiger partial charge in [-0.3, -0.25) is 4.79 Å². The Balaban J connectivity index is 1.78. The summed E-state index contributed by atoms with van der Waals surface area (Å²) in [6, 6.07) is 0.0250. The number of ketones is 1. The van der Waals surface area contributed by atoms with Crippen LogP contribution in [0, 0.1) is 28.6 Å². The Morgan fingerprint density at radius 3 is 2.43 bits per heavy atom. The molecule has 2 bridgehead atoms. The molecule has 0 radical (unpaired) electrons. The van der Waals surface area contributed by atoms with Crippen LogP contribution in [0.4, 0.5) is 0 Å². The van der Waals surface area contributed by atoms with Gasteiger partial charge in [0.2, 0.25) is 10.0 Å². The van der Waals surface area contributed by atoms with Crippen LogP contribution in [0.1, 0.15) is 66.2 Å². The minimum Gasteiger partial charge on any atom is -0.299 e. The van der Waals surface area contributed by atoms with Crippen LogP contribution in [0.25, 0.3) is 0 Å². The van der Waals surface area contributed by atoms with Crippen LogP contribution in [0.5, 0.6) is 0 Å². The maximum absolute atomic E-state index is 12.9. The number of hydrogen-bond acceptors (Lipinski definition) is 3. The van der Waals surface area contributed by atoms with Crippen LogP contribution in [-0.2, 0) is 14.8 Å². The summed E-state index contributed by atoms with van der Waals surface area (Å²) in [4.78, 5) is 12.6. The predicted molar refractivity (Wildman–Crippen MR) is 91.5 cm³/mol. The van der Waals surface area contributed by atoms with Crippen molar-refractivity contribution in [1.29, 1.82) is 0 Å². The molecule has 0 aliphatic heterocycles. The monoisotopic (exact) mass is 341 g/mol. The zero-order valence-electron chi connectivity index (χ0n) is 14.9. The molecule has 3 saturated carbocycles. The van der Waals surface area contributed by atoms with E-state index < -0.39 is 15.4 Å². The summed E-state index contributed by atoms with van der Waals surface area (Å²) in [5, 5.41) is 0. The maximum atomic E-state index is 12.9. The largest absolute Gasteiger partial charge is 0.299 e. The summed E-state index contributed by atoms with van der Waals surface area (Å²) < 4.78 is 28.7. The van der Waals surface area contributed by atoms with Crippen LogP contribution in [-0.4, -0.2) is 26.0 Å². The Kier molecular flexibility index (Phi) is 4.20. The standard InChI is InChI=1S/C18H31NO3S/c1-12-6-5-7-15(13(12)2)19-23(21,22)11-18-9-8-14(10-16(18)20)17(18,3)4/h12-15,19H,5-11H2,1-4H3. The highest BCUT2D eigenvalue weighted by molar-refractivity contribution is 7.89. The molecular formula is C18H31NO3S. The molecule has 3 fully saturated rings. The minimum absolute atomic E-state index is 0.0140. The Morgan fingerprint density at radius 2 is 1.87 bits per heavy atom. The second kappa shape index (κ2) is 5.55. The van der Waals surface area contributed by atoms with Crippen molar-refractivity contribution in [3.8, 4) is 0 Å². The van der Waals surface area contributed by atoms with Crippen LogP contribution in [0.3, 0.4) is 0 Å². The number of nitrogens with one attached hydrogen (secondary N) is 1. The zero-order chi connectivity index (χ0) is 17.0. The maximum Gasteiger partial charge on any atom is 0.212 e. The number of sulfonamides is 1. The molecule has 0 aromatic rings. The van der Waals surface area contributed by atoms with Crippen molar-refractivity contribution in [1.82, 2.24) is 4.72 Å². The van der Waals surface area contributed by atoms with E-state index in [0.717, 1.165) is 25.7 Å². The molecule has 132 valence electrons. The molecule has 5 heteroatoms. The van der Waals surface area contributed by atoms with E-state index in [9.17, 15) is 13.2 Å². The molecule has 3 aliphatic carbocycles. The van der Waals surface area contributed by atoms with E-state index in [-0.39, 0.29) is 23.0 Å². The lowest BCUT2D eigenvalue weighted by atomic mass is 9.70. The van der Waals surface area contributed by atoms with Crippen molar-refractivity contribution >= 4 is 15.8 Å². The summed E-state index contributed by atoms with van der Waals surface area (Å²) in [6.07, 6.45) is 5.47. The quantitative estimate of drug-likeness (QED) is 0.854. The van der Waals surface area contributed by atoms with E-state index in [1.165, 1.54) is 6.42 Å². The lowest BCUT2D eigenvalue weighted by Gasteiger charge is -2.38. The molecular weight excluding hydrogens is 310 g/mol. The first-order valence-electron chi connectivity index (χ1n) is 9.12. The number of fused-ring (bicyclic) bond motifs is 2. The summed E-state index contributed by atoms with van der Waals surface area (Å²) >= 11 is 0. The lowest BCUT2D eigenvalue weighted by molar-refractivity contribution is -0.128. The second-order valence-electron chi connectivity index (χ2n) is 8.92. The molecule has 5 unspecified atom stereocenters. The van der Waals surface area contributed by atoms with Crippen LogP contribution < -0.4 is 4.72 Å². The molecule has 3 aliphatic rings. The van der Waals surface area contributed by atoms with Crippen LogP contribution in [0.2, 0.25) is 0 Å². The van der Waals surface area contributed by atoms with Crippen LogP contribution >= 0.6 is 0 Å². The zero-order valence-corrected chi connectivity index (χ0v) is 15.7. The Hall–Kier alpha value is -0.420. The third-order valence-corrected chi connectivity index (χ3v) is 9.15. The van der Waals surface area contributed by atoms with E-state index in [0.29, 0.717) is 24.2 Å². The van der Waals surface area contributed by atoms with E-state index in [4.69, 9.17) is 0 Å². The van der Waals surface area contributed by atoms with Gasteiger partial charge >= 0.3 is 0 Å². The molecule has 1 N–H and O–H groups in total. The fourth-order valence-electron chi connectivity index (χ4n) is 5.45. The number of carbonyl (C=O) groups excluding carboxylic acids is 1. The molecule has 0 amide bonds. The summed E-state index contributed by atoms with van der Waals surface area (Å²) in [5.41, 5.74) is -0.850. The van der Waals surface area contributed by atoms with E-state index >= 15 is 0 Å². The van der Waals surface area contributed by atoms with Gasteiger partial charge in [-0.1, -0.05) is 40.5 Å². The molecule has 5 atom stereocenters. The third-order valence-electron chi connectivity index (χ3n) is 7.61. The average Bonchev–Trinajstić information content (AvgIpc) is 2.77.